The van der Waals surface area contributed by atoms with E-state index in [1.165, 1.54) is 18.4 Å². The molecule has 1 saturated heterocycles. The normalized spacial score (nSPS) is 19.1. The number of hydrogen-bond acceptors (Lipinski definition) is 3. The van der Waals surface area contributed by atoms with Crippen molar-refractivity contribution in [2.24, 2.45) is 0 Å². The molecule has 1 aliphatic heterocycles. The van der Waals surface area contributed by atoms with E-state index in [-0.39, 0.29) is 0 Å². The minimum atomic E-state index is 0.565. The van der Waals surface area contributed by atoms with Gasteiger partial charge < -0.3 is 4.57 Å². The molecule has 0 amide bonds. The summed E-state index contributed by atoms with van der Waals surface area (Å²) >= 11 is 0. The van der Waals surface area contributed by atoms with Gasteiger partial charge in [-0.3, -0.25) is 4.90 Å². The summed E-state index contributed by atoms with van der Waals surface area (Å²) in [5.74, 6) is 0. The Morgan fingerprint density at radius 3 is 3.15 bits per heavy atom. The number of nitrogens with zero attached hydrogens (tertiary/aromatic N) is 4. The van der Waals surface area contributed by atoms with Crippen molar-refractivity contribution in [3.05, 3.63) is 54.1 Å². The molecule has 4 nitrogen and oxygen atoms in total. The first-order valence-electron chi connectivity index (χ1n) is 7.04. The van der Waals surface area contributed by atoms with Gasteiger partial charge in [0.25, 0.3) is 0 Å². The Morgan fingerprint density at radius 2 is 2.35 bits per heavy atom. The minimum absolute atomic E-state index is 0.565. The second-order valence-electron chi connectivity index (χ2n) is 5.34. The van der Waals surface area contributed by atoms with Crippen molar-refractivity contribution < 1.29 is 0 Å². The summed E-state index contributed by atoms with van der Waals surface area (Å²) in [7, 11) is 0. The fraction of sp³-hybridized carbons (Fsp3) is 0.375. The van der Waals surface area contributed by atoms with Gasteiger partial charge in [0.15, 0.2) is 0 Å². The highest BCUT2D eigenvalue weighted by molar-refractivity contribution is 5.32. The number of hydrogen-bond donors (Lipinski definition) is 0. The minimum Gasteiger partial charge on any atom is -0.336 e. The van der Waals surface area contributed by atoms with Crippen LogP contribution in [0.15, 0.2) is 43.0 Å². The molecule has 20 heavy (non-hydrogen) atoms. The Labute approximate surface area is 119 Å². The van der Waals surface area contributed by atoms with Crippen LogP contribution in [-0.4, -0.2) is 27.0 Å². The van der Waals surface area contributed by atoms with Gasteiger partial charge in [-0.25, -0.2) is 4.98 Å². The Morgan fingerprint density at radius 1 is 1.40 bits per heavy atom. The van der Waals surface area contributed by atoms with Crippen LogP contribution in [0.5, 0.6) is 0 Å². The van der Waals surface area contributed by atoms with Gasteiger partial charge in [0, 0.05) is 31.5 Å². The molecule has 0 N–H and O–H groups in total. The smallest absolute Gasteiger partial charge is 0.0991 e. The molecule has 2 heterocycles. The number of nitriles is 1. The van der Waals surface area contributed by atoms with E-state index < -0.39 is 0 Å². The van der Waals surface area contributed by atoms with Gasteiger partial charge in [0.05, 0.1) is 18.0 Å². The molecule has 102 valence electrons. The zero-order valence-electron chi connectivity index (χ0n) is 11.4. The third kappa shape index (κ3) is 2.89. The summed E-state index contributed by atoms with van der Waals surface area (Å²) in [6, 6.07) is 10.7. The van der Waals surface area contributed by atoms with E-state index in [2.05, 4.69) is 26.6 Å². The van der Waals surface area contributed by atoms with Gasteiger partial charge in [-0.1, -0.05) is 12.1 Å². The van der Waals surface area contributed by atoms with Crippen molar-refractivity contribution in [2.45, 2.75) is 32.0 Å². The summed E-state index contributed by atoms with van der Waals surface area (Å²) in [4.78, 5) is 6.61. The van der Waals surface area contributed by atoms with Crippen molar-refractivity contribution in [2.75, 3.05) is 6.54 Å². The topological polar surface area (TPSA) is 44.9 Å². The molecule has 0 bridgehead atoms. The lowest BCUT2D eigenvalue weighted by atomic mass is 10.1. The maximum atomic E-state index is 8.97. The van der Waals surface area contributed by atoms with Gasteiger partial charge in [-0.05, 0) is 37.1 Å². The lowest BCUT2D eigenvalue weighted by Gasteiger charge is -2.24. The summed E-state index contributed by atoms with van der Waals surface area (Å²) in [5.41, 5.74) is 1.97. The van der Waals surface area contributed by atoms with Crippen LogP contribution in [0.4, 0.5) is 0 Å². The molecule has 1 aliphatic rings. The number of imidazole rings is 1. The summed E-state index contributed by atoms with van der Waals surface area (Å²) < 4.78 is 2.15. The van der Waals surface area contributed by atoms with E-state index in [0.717, 1.165) is 25.2 Å². The largest absolute Gasteiger partial charge is 0.336 e. The Kier molecular flexibility index (Phi) is 3.80. The lowest BCUT2D eigenvalue weighted by Crippen LogP contribution is -2.32. The van der Waals surface area contributed by atoms with Crippen LogP contribution in [0.1, 0.15) is 24.0 Å². The van der Waals surface area contributed by atoms with E-state index in [4.69, 9.17) is 5.26 Å². The standard InChI is InChI=1S/C16H18N4/c17-10-14-3-1-4-15(9-14)11-20-7-2-5-16(20)12-19-8-6-18-13-19/h1,3-4,6,8-9,13,16H,2,5,7,11-12H2. The van der Waals surface area contributed by atoms with Crippen LogP contribution < -0.4 is 0 Å². The van der Waals surface area contributed by atoms with Crippen LogP contribution in [0.2, 0.25) is 0 Å². The second kappa shape index (κ2) is 5.89. The second-order valence-corrected chi connectivity index (χ2v) is 5.34. The SMILES string of the molecule is N#Cc1cccc(CN2CCCC2Cn2ccnc2)c1. The highest BCUT2D eigenvalue weighted by Gasteiger charge is 2.24. The summed E-state index contributed by atoms with van der Waals surface area (Å²) in [5, 5.41) is 8.97. The zero-order chi connectivity index (χ0) is 13.8. The predicted octanol–water partition coefficient (Wildman–Crippen LogP) is 2.42. The first-order chi connectivity index (χ1) is 9.85. The van der Waals surface area contributed by atoms with E-state index >= 15 is 0 Å². The molecule has 2 aromatic rings. The average Bonchev–Trinajstić information content (AvgIpc) is 3.12. The van der Waals surface area contributed by atoms with Crippen molar-refractivity contribution >= 4 is 0 Å². The van der Waals surface area contributed by atoms with Crippen LogP contribution >= 0.6 is 0 Å². The van der Waals surface area contributed by atoms with Crippen molar-refractivity contribution in [1.82, 2.24) is 14.5 Å². The fourth-order valence-corrected chi connectivity index (χ4v) is 2.92. The van der Waals surface area contributed by atoms with Crippen LogP contribution in [0.25, 0.3) is 0 Å². The van der Waals surface area contributed by atoms with Gasteiger partial charge >= 0.3 is 0 Å². The molecule has 0 radical (unpaired) electrons. The predicted molar refractivity (Wildman–Crippen MR) is 76.8 cm³/mol. The average molecular weight is 266 g/mol. The maximum Gasteiger partial charge on any atom is 0.0991 e. The molecule has 1 unspecified atom stereocenters. The molecule has 4 heteroatoms. The quantitative estimate of drug-likeness (QED) is 0.853. The van der Waals surface area contributed by atoms with Gasteiger partial charge in [0.1, 0.15) is 0 Å². The molecule has 3 rings (SSSR count). The molecule has 1 atom stereocenters. The number of rotatable bonds is 4. The van der Waals surface area contributed by atoms with Crippen LogP contribution in [-0.2, 0) is 13.1 Å². The third-order valence-electron chi connectivity index (χ3n) is 3.92. The van der Waals surface area contributed by atoms with Gasteiger partial charge in [-0.2, -0.15) is 5.26 Å². The fourth-order valence-electron chi connectivity index (χ4n) is 2.92. The van der Waals surface area contributed by atoms with Crippen molar-refractivity contribution in [3.8, 4) is 6.07 Å². The number of benzene rings is 1. The number of aromatic nitrogens is 2. The Hall–Kier alpha value is -2.12. The van der Waals surface area contributed by atoms with Crippen molar-refractivity contribution in [1.29, 1.82) is 5.26 Å². The van der Waals surface area contributed by atoms with Crippen LogP contribution in [0.3, 0.4) is 0 Å². The van der Waals surface area contributed by atoms with E-state index in [1.54, 1.807) is 0 Å². The Bertz CT molecular complexity index is 597. The van der Waals surface area contributed by atoms with E-state index in [0.29, 0.717) is 6.04 Å². The van der Waals surface area contributed by atoms with Crippen LogP contribution in [0, 0.1) is 11.3 Å². The van der Waals surface area contributed by atoms with Gasteiger partial charge in [-0.15, -0.1) is 0 Å². The Balaban J connectivity index is 1.68. The highest BCUT2D eigenvalue weighted by atomic mass is 15.2. The van der Waals surface area contributed by atoms with Gasteiger partial charge in [0.2, 0.25) is 0 Å². The lowest BCUT2D eigenvalue weighted by molar-refractivity contribution is 0.224. The molecule has 1 fully saturated rings. The molecule has 0 saturated carbocycles. The molecule has 0 spiro atoms. The van der Waals surface area contributed by atoms with E-state index in [9.17, 15) is 0 Å². The third-order valence-corrected chi connectivity index (χ3v) is 3.92. The van der Waals surface area contributed by atoms with E-state index in [1.807, 2.05) is 36.9 Å². The summed E-state index contributed by atoms with van der Waals surface area (Å²) in [6.45, 7) is 3.06. The zero-order valence-corrected chi connectivity index (χ0v) is 11.4. The molecule has 1 aromatic heterocycles. The van der Waals surface area contributed by atoms with Crippen molar-refractivity contribution in [3.63, 3.8) is 0 Å². The molecular formula is C16H18N4. The maximum absolute atomic E-state index is 8.97. The monoisotopic (exact) mass is 266 g/mol. The summed E-state index contributed by atoms with van der Waals surface area (Å²) in [6.07, 6.45) is 8.21. The molecule has 1 aromatic carbocycles. The molecule has 0 aliphatic carbocycles. The number of likely N-dealkylation sites (tertiary alicyclic amines) is 1. The first-order valence-corrected chi connectivity index (χ1v) is 7.04. The molecular weight excluding hydrogens is 248 g/mol. The first kappa shape index (κ1) is 12.9. The highest BCUT2D eigenvalue weighted by Crippen LogP contribution is 2.21.